The molecule has 0 aliphatic heterocycles. The molecule has 39 heavy (non-hydrogen) atoms. The van der Waals surface area contributed by atoms with Crippen molar-refractivity contribution in [3.05, 3.63) is 146 Å². The second-order valence-electron chi connectivity index (χ2n) is 10.1. The maximum atomic E-state index is 5.99. The van der Waals surface area contributed by atoms with E-state index in [1.54, 1.807) is 0 Å². The van der Waals surface area contributed by atoms with Crippen LogP contribution in [0.2, 0.25) is 0 Å². The summed E-state index contributed by atoms with van der Waals surface area (Å²) in [6.45, 7) is 0. The van der Waals surface area contributed by atoms with Gasteiger partial charge in [0.15, 0.2) is 0 Å². The third-order valence-electron chi connectivity index (χ3n) is 7.94. The van der Waals surface area contributed by atoms with Gasteiger partial charge in [0.25, 0.3) is 0 Å². The van der Waals surface area contributed by atoms with E-state index in [1.165, 1.54) is 54.6 Å². The second-order valence-corrected chi connectivity index (χ2v) is 10.1. The van der Waals surface area contributed by atoms with Crippen LogP contribution in [0, 0.1) is 0 Å². The molecule has 0 aliphatic carbocycles. The van der Waals surface area contributed by atoms with Crippen LogP contribution in [-0.2, 0) is 0 Å². The van der Waals surface area contributed by atoms with Crippen LogP contribution in [0.25, 0.3) is 76.7 Å². The molecule has 7 aromatic carbocycles. The molecule has 0 radical (unpaired) electrons. The number of rotatable bonds is 3. The molecule has 0 fully saturated rings. The Labute approximate surface area is 226 Å². The first-order chi connectivity index (χ1) is 19.4. The molecule has 182 valence electrons. The molecule has 0 bridgehead atoms. The fraction of sp³-hybridized carbons (Fsp3) is 0. The minimum Gasteiger partial charge on any atom is -0.464 e. The summed E-state index contributed by atoms with van der Waals surface area (Å²) < 4.78 is 5.99. The van der Waals surface area contributed by atoms with Gasteiger partial charge in [-0.25, -0.2) is 0 Å². The van der Waals surface area contributed by atoms with Gasteiger partial charge in [-0.05, 0) is 72.3 Å². The van der Waals surface area contributed by atoms with Crippen molar-refractivity contribution in [2.24, 2.45) is 0 Å². The first kappa shape index (κ1) is 21.9. The molecule has 8 rings (SSSR count). The lowest BCUT2D eigenvalue weighted by molar-refractivity contribution is 0.617. The van der Waals surface area contributed by atoms with E-state index in [4.69, 9.17) is 4.42 Å². The number of hydrogen-bond donors (Lipinski definition) is 0. The average Bonchev–Trinajstić information content (AvgIpc) is 3.43. The molecule has 1 heterocycles. The normalized spacial score (nSPS) is 11.6. The molecule has 8 aromatic rings. The van der Waals surface area contributed by atoms with E-state index in [-0.39, 0.29) is 0 Å². The van der Waals surface area contributed by atoms with E-state index in [9.17, 15) is 0 Å². The van der Waals surface area contributed by atoms with E-state index in [0.717, 1.165) is 22.1 Å². The van der Waals surface area contributed by atoms with Crippen LogP contribution in [0.3, 0.4) is 0 Å². The average molecular weight is 497 g/mol. The predicted molar refractivity (Wildman–Crippen MR) is 165 cm³/mol. The monoisotopic (exact) mass is 496 g/mol. The van der Waals surface area contributed by atoms with Crippen LogP contribution < -0.4 is 0 Å². The van der Waals surface area contributed by atoms with Gasteiger partial charge in [0.1, 0.15) is 5.58 Å². The number of fused-ring (bicyclic) bond motifs is 4. The Morgan fingerprint density at radius 3 is 1.67 bits per heavy atom. The van der Waals surface area contributed by atoms with Gasteiger partial charge in [-0.15, -0.1) is 0 Å². The highest BCUT2D eigenvalue weighted by Gasteiger charge is 2.18. The summed E-state index contributed by atoms with van der Waals surface area (Å²) in [5.74, 6) is 0. The first-order valence-corrected chi connectivity index (χ1v) is 13.4. The summed E-state index contributed by atoms with van der Waals surface area (Å²) >= 11 is 0. The molecular weight excluding hydrogens is 472 g/mol. The Morgan fingerprint density at radius 2 is 0.949 bits per heavy atom. The minimum atomic E-state index is 0.901. The van der Waals surface area contributed by atoms with Crippen LogP contribution >= 0.6 is 0 Å². The van der Waals surface area contributed by atoms with Gasteiger partial charge in [-0.1, -0.05) is 127 Å². The van der Waals surface area contributed by atoms with E-state index in [2.05, 4.69) is 133 Å². The molecule has 1 aromatic heterocycles. The van der Waals surface area contributed by atoms with E-state index in [0.29, 0.717) is 0 Å². The van der Waals surface area contributed by atoms with Crippen molar-refractivity contribution in [1.29, 1.82) is 0 Å². The summed E-state index contributed by atoms with van der Waals surface area (Å²) in [6.07, 6.45) is 1.88. The highest BCUT2D eigenvalue weighted by atomic mass is 16.3. The quantitative estimate of drug-likeness (QED) is 0.222. The maximum absolute atomic E-state index is 5.99. The van der Waals surface area contributed by atoms with Crippen LogP contribution in [0.5, 0.6) is 0 Å². The summed E-state index contributed by atoms with van der Waals surface area (Å²) in [7, 11) is 0. The molecule has 0 atom stereocenters. The molecule has 0 unspecified atom stereocenters. The van der Waals surface area contributed by atoms with Crippen LogP contribution in [0.15, 0.2) is 150 Å². The zero-order valence-corrected chi connectivity index (χ0v) is 21.3. The van der Waals surface area contributed by atoms with Crippen molar-refractivity contribution in [3.8, 4) is 33.4 Å². The van der Waals surface area contributed by atoms with Gasteiger partial charge in [-0.3, -0.25) is 0 Å². The van der Waals surface area contributed by atoms with Crippen molar-refractivity contribution in [1.82, 2.24) is 0 Å². The first-order valence-electron chi connectivity index (χ1n) is 13.4. The van der Waals surface area contributed by atoms with Crippen LogP contribution in [-0.4, -0.2) is 0 Å². The van der Waals surface area contributed by atoms with Crippen molar-refractivity contribution in [3.63, 3.8) is 0 Å². The van der Waals surface area contributed by atoms with Crippen molar-refractivity contribution >= 4 is 43.3 Å². The minimum absolute atomic E-state index is 0.901. The number of hydrogen-bond acceptors (Lipinski definition) is 1. The summed E-state index contributed by atoms with van der Waals surface area (Å²) in [6, 6.07) is 50.1. The summed E-state index contributed by atoms with van der Waals surface area (Å²) in [5, 5.41) is 8.69. The SMILES string of the molecule is c1ccc(-c2coc3ccc(-c4c5ccccc5c(-c5cccc6ccccc56)c5ccccc45)cc23)cc1. The van der Waals surface area contributed by atoms with E-state index < -0.39 is 0 Å². The highest BCUT2D eigenvalue weighted by Crippen LogP contribution is 2.46. The van der Waals surface area contributed by atoms with Gasteiger partial charge in [0.2, 0.25) is 0 Å². The zero-order chi connectivity index (χ0) is 25.8. The van der Waals surface area contributed by atoms with Crippen molar-refractivity contribution in [2.45, 2.75) is 0 Å². The van der Waals surface area contributed by atoms with Crippen molar-refractivity contribution in [2.75, 3.05) is 0 Å². The van der Waals surface area contributed by atoms with Crippen LogP contribution in [0.4, 0.5) is 0 Å². The maximum Gasteiger partial charge on any atom is 0.134 e. The number of benzene rings is 7. The zero-order valence-electron chi connectivity index (χ0n) is 21.3. The van der Waals surface area contributed by atoms with Gasteiger partial charge in [0, 0.05) is 10.9 Å². The fourth-order valence-electron chi connectivity index (χ4n) is 6.20. The van der Waals surface area contributed by atoms with Crippen LogP contribution in [0.1, 0.15) is 0 Å². The molecule has 0 aliphatic rings. The smallest absolute Gasteiger partial charge is 0.134 e. The number of furan rings is 1. The Kier molecular flexibility index (Phi) is 4.89. The third kappa shape index (κ3) is 3.41. The van der Waals surface area contributed by atoms with Gasteiger partial charge in [-0.2, -0.15) is 0 Å². The molecule has 0 amide bonds. The second kappa shape index (κ2) is 8.72. The Bertz CT molecular complexity index is 2100. The predicted octanol–water partition coefficient (Wildman–Crippen LogP) is 10.9. The molecule has 0 spiro atoms. The van der Waals surface area contributed by atoms with E-state index in [1.807, 2.05) is 12.3 Å². The Balaban J connectivity index is 1.47. The van der Waals surface area contributed by atoms with Crippen molar-refractivity contribution < 1.29 is 4.42 Å². The standard InChI is InChI=1S/C38H24O/c1-2-11-26(12-3-1)35-24-39-36-22-21-27(23-34(35)36)37-30-16-6-8-18-32(30)38(33-19-9-7-17-31(33)37)29-20-10-14-25-13-4-5-15-28(25)29/h1-24H. The summed E-state index contributed by atoms with van der Waals surface area (Å²) in [5.41, 5.74) is 8.19. The Hall–Kier alpha value is -5.14. The fourth-order valence-corrected chi connectivity index (χ4v) is 6.20. The molecule has 1 heteroatoms. The lowest BCUT2D eigenvalue weighted by Crippen LogP contribution is -1.91. The lowest BCUT2D eigenvalue weighted by atomic mass is 9.84. The largest absolute Gasteiger partial charge is 0.464 e. The van der Waals surface area contributed by atoms with Gasteiger partial charge in [0.05, 0.1) is 6.26 Å². The lowest BCUT2D eigenvalue weighted by Gasteiger charge is -2.19. The van der Waals surface area contributed by atoms with Gasteiger partial charge >= 0.3 is 0 Å². The van der Waals surface area contributed by atoms with Gasteiger partial charge < -0.3 is 4.42 Å². The molecular formula is C38H24O. The molecule has 0 saturated carbocycles. The molecule has 0 N–H and O–H groups in total. The summed E-state index contributed by atoms with van der Waals surface area (Å²) in [4.78, 5) is 0. The topological polar surface area (TPSA) is 13.1 Å². The highest BCUT2D eigenvalue weighted by molar-refractivity contribution is 6.23. The Morgan fingerprint density at radius 1 is 0.359 bits per heavy atom. The third-order valence-corrected chi connectivity index (χ3v) is 7.94. The molecule has 1 nitrogen and oxygen atoms in total. The van der Waals surface area contributed by atoms with E-state index >= 15 is 0 Å². The molecule has 0 saturated heterocycles.